The molecule has 1 aromatic rings. The highest BCUT2D eigenvalue weighted by Gasteiger charge is 2.11. The van der Waals surface area contributed by atoms with E-state index in [1.807, 2.05) is 6.07 Å². The monoisotopic (exact) mass is 217 g/mol. The van der Waals surface area contributed by atoms with Crippen LogP contribution in [0.25, 0.3) is 0 Å². The Morgan fingerprint density at radius 2 is 2.08 bits per heavy atom. The molecule has 0 bridgehead atoms. The Morgan fingerprint density at radius 3 is 2.54 bits per heavy atom. The van der Waals surface area contributed by atoms with Crippen LogP contribution in [0.4, 0.5) is 0 Å². The first-order valence-electron chi connectivity index (χ1n) is 4.57. The summed E-state index contributed by atoms with van der Waals surface area (Å²) in [7, 11) is 0. The van der Waals surface area contributed by atoms with Gasteiger partial charge in [0.15, 0.2) is 0 Å². The van der Waals surface area contributed by atoms with E-state index in [0.29, 0.717) is 11.8 Å². The zero-order valence-electron chi connectivity index (χ0n) is 8.09. The third kappa shape index (κ3) is 3.29. The molecule has 0 radical (unpaired) electrons. The molecule has 0 saturated carbocycles. The minimum Gasteiger partial charge on any atom is -0.330 e. The minimum atomic E-state index is 0.584. The van der Waals surface area contributed by atoms with Gasteiger partial charge in [-0.25, -0.2) is 0 Å². The van der Waals surface area contributed by atoms with E-state index in [9.17, 15) is 0 Å². The highest BCUT2D eigenvalue weighted by molar-refractivity contribution is 7.16. The first kappa shape index (κ1) is 11.0. The summed E-state index contributed by atoms with van der Waals surface area (Å²) in [6.45, 7) is 5.20. The summed E-state index contributed by atoms with van der Waals surface area (Å²) in [5, 5.41) is 0. The van der Waals surface area contributed by atoms with Crippen LogP contribution in [0.5, 0.6) is 0 Å². The van der Waals surface area contributed by atoms with Crippen molar-refractivity contribution in [2.45, 2.75) is 20.3 Å². The van der Waals surface area contributed by atoms with Gasteiger partial charge in [-0.2, -0.15) is 0 Å². The number of hydrogen-bond acceptors (Lipinski definition) is 2. The molecule has 0 aromatic carbocycles. The summed E-state index contributed by atoms with van der Waals surface area (Å²) in [6.07, 6.45) is 1.09. The second-order valence-electron chi connectivity index (χ2n) is 3.60. The highest BCUT2D eigenvalue weighted by Crippen LogP contribution is 2.25. The van der Waals surface area contributed by atoms with Crippen LogP contribution in [0.15, 0.2) is 12.1 Å². The summed E-state index contributed by atoms with van der Waals surface area (Å²) in [5.74, 6) is 1.22. The minimum absolute atomic E-state index is 0.584. The lowest BCUT2D eigenvalue weighted by Crippen LogP contribution is -2.19. The molecule has 2 unspecified atom stereocenters. The fraction of sp³-hybridized carbons (Fsp3) is 0.600. The largest absolute Gasteiger partial charge is 0.330 e. The van der Waals surface area contributed by atoms with Crippen molar-refractivity contribution in [1.29, 1.82) is 0 Å². The van der Waals surface area contributed by atoms with Gasteiger partial charge in [-0.05, 0) is 36.9 Å². The van der Waals surface area contributed by atoms with Crippen LogP contribution < -0.4 is 5.73 Å². The molecule has 0 saturated heterocycles. The predicted molar refractivity (Wildman–Crippen MR) is 60.4 cm³/mol. The van der Waals surface area contributed by atoms with E-state index in [1.165, 1.54) is 4.88 Å². The molecule has 0 aliphatic carbocycles. The van der Waals surface area contributed by atoms with Crippen molar-refractivity contribution in [1.82, 2.24) is 0 Å². The zero-order chi connectivity index (χ0) is 9.84. The Morgan fingerprint density at radius 1 is 1.38 bits per heavy atom. The van der Waals surface area contributed by atoms with Gasteiger partial charge in [0.2, 0.25) is 0 Å². The molecule has 0 aliphatic rings. The van der Waals surface area contributed by atoms with E-state index in [0.717, 1.165) is 17.3 Å². The smallest absolute Gasteiger partial charge is 0.0931 e. The quantitative estimate of drug-likeness (QED) is 0.824. The number of thiophene rings is 1. The Balaban J connectivity index is 2.49. The zero-order valence-corrected chi connectivity index (χ0v) is 9.66. The van der Waals surface area contributed by atoms with Gasteiger partial charge in [-0.3, -0.25) is 0 Å². The standard InChI is InChI=1S/C10H16ClNS/c1-7(8(2)6-12)5-9-3-4-10(11)13-9/h3-4,7-8H,5-6,12H2,1-2H3. The van der Waals surface area contributed by atoms with Crippen molar-refractivity contribution in [2.75, 3.05) is 6.54 Å². The predicted octanol–water partition coefficient (Wildman–Crippen LogP) is 3.17. The van der Waals surface area contributed by atoms with Gasteiger partial charge in [-0.1, -0.05) is 25.4 Å². The van der Waals surface area contributed by atoms with E-state index < -0.39 is 0 Å². The molecule has 13 heavy (non-hydrogen) atoms. The van der Waals surface area contributed by atoms with E-state index in [2.05, 4.69) is 19.9 Å². The van der Waals surface area contributed by atoms with Gasteiger partial charge >= 0.3 is 0 Å². The lowest BCUT2D eigenvalue weighted by molar-refractivity contribution is 0.396. The average molecular weight is 218 g/mol. The van der Waals surface area contributed by atoms with E-state index >= 15 is 0 Å². The first-order valence-corrected chi connectivity index (χ1v) is 5.77. The molecule has 1 heterocycles. The van der Waals surface area contributed by atoms with Crippen molar-refractivity contribution in [2.24, 2.45) is 17.6 Å². The summed E-state index contributed by atoms with van der Waals surface area (Å²) in [4.78, 5) is 1.36. The van der Waals surface area contributed by atoms with Crippen LogP contribution in [0.1, 0.15) is 18.7 Å². The molecule has 2 N–H and O–H groups in total. The van der Waals surface area contributed by atoms with Crippen LogP contribution in [0, 0.1) is 11.8 Å². The number of hydrogen-bond donors (Lipinski definition) is 1. The van der Waals surface area contributed by atoms with Crippen molar-refractivity contribution in [3.8, 4) is 0 Å². The van der Waals surface area contributed by atoms with Crippen molar-refractivity contribution < 1.29 is 0 Å². The van der Waals surface area contributed by atoms with Crippen LogP contribution >= 0.6 is 22.9 Å². The van der Waals surface area contributed by atoms with Crippen molar-refractivity contribution in [3.05, 3.63) is 21.3 Å². The fourth-order valence-corrected chi connectivity index (χ4v) is 2.44. The second-order valence-corrected chi connectivity index (χ2v) is 5.40. The van der Waals surface area contributed by atoms with Crippen LogP contribution in [-0.2, 0) is 6.42 Å². The molecule has 3 heteroatoms. The fourth-order valence-electron chi connectivity index (χ4n) is 1.21. The maximum Gasteiger partial charge on any atom is 0.0931 e. The molecule has 0 aliphatic heterocycles. The molecule has 1 aromatic heterocycles. The van der Waals surface area contributed by atoms with Crippen LogP contribution in [-0.4, -0.2) is 6.54 Å². The van der Waals surface area contributed by atoms with Gasteiger partial charge in [0.1, 0.15) is 0 Å². The third-order valence-corrected chi connectivity index (χ3v) is 3.75. The van der Waals surface area contributed by atoms with E-state index in [-0.39, 0.29) is 0 Å². The lowest BCUT2D eigenvalue weighted by atomic mass is 9.92. The van der Waals surface area contributed by atoms with Gasteiger partial charge in [0.05, 0.1) is 4.34 Å². The lowest BCUT2D eigenvalue weighted by Gasteiger charge is -2.16. The Bertz CT molecular complexity index is 259. The number of nitrogens with two attached hydrogens (primary N) is 1. The molecule has 0 amide bonds. The summed E-state index contributed by atoms with van der Waals surface area (Å²) in [5.41, 5.74) is 5.61. The van der Waals surface area contributed by atoms with Crippen molar-refractivity contribution in [3.63, 3.8) is 0 Å². The topological polar surface area (TPSA) is 26.0 Å². The summed E-state index contributed by atoms with van der Waals surface area (Å²) >= 11 is 7.52. The molecule has 1 nitrogen and oxygen atoms in total. The van der Waals surface area contributed by atoms with Gasteiger partial charge < -0.3 is 5.73 Å². The molecule has 0 spiro atoms. The van der Waals surface area contributed by atoms with E-state index in [4.69, 9.17) is 17.3 Å². The summed E-state index contributed by atoms with van der Waals surface area (Å²) in [6, 6.07) is 4.06. The maximum atomic E-state index is 5.85. The highest BCUT2D eigenvalue weighted by atomic mass is 35.5. The van der Waals surface area contributed by atoms with Crippen LogP contribution in [0.2, 0.25) is 4.34 Å². The summed E-state index contributed by atoms with van der Waals surface area (Å²) < 4.78 is 0.877. The molecule has 0 fully saturated rings. The average Bonchev–Trinajstić information content (AvgIpc) is 2.49. The Labute approximate surface area is 88.9 Å². The number of rotatable bonds is 4. The third-order valence-electron chi connectivity index (χ3n) is 2.50. The number of halogens is 1. The van der Waals surface area contributed by atoms with Crippen LogP contribution in [0.3, 0.4) is 0 Å². The Kier molecular flexibility index (Phi) is 4.23. The second kappa shape index (κ2) is 4.99. The van der Waals surface area contributed by atoms with Crippen molar-refractivity contribution >= 4 is 22.9 Å². The van der Waals surface area contributed by atoms with Gasteiger partial charge in [0.25, 0.3) is 0 Å². The van der Waals surface area contributed by atoms with Gasteiger partial charge in [0, 0.05) is 4.88 Å². The molecule has 74 valence electrons. The molecule has 2 atom stereocenters. The first-order chi connectivity index (χ1) is 6.13. The molecule has 1 rings (SSSR count). The maximum absolute atomic E-state index is 5.85. The van der Waals surface area contributed by atoms with Gasteiger partial charge in [-0.15, -0.1) is 11.3 Å². The van der Waals surface area contributed by atoms with E-state index in [1.54, 1.807) is 11.3 Å². The normalized spacial score (nSPS) is 15.7. The molecular formula is C10H16ClNS. The Hall–Kier alpha value is -0.0500. The molecular weight excluding hydrogens is 202 g/mol. The SMILES string of the molecule is CC(CN)C(C)Cc1ccc(Cl)s1.